The molecule has 0 saturated carbocycles. The predicted octanol–water partition coefficient (Wildman–Crippen LogP) is 4.40. The number of ether oxygens (including phenoxy) is 1. The van der Waals surface area contributed by atoms with E-state index in [1.807, 2.05) is 32.0 Å². The van der Waals surface area contributed by atoms with Gasteiger partial charge in [0.25, 0.3) is 0 Å². The number of carboxylic acids is 1. The molecule has 19 heavy (non-hydrogen) atoms. The summed E-state index contributed by atoms with van der Waals surface area (Å²) in [7, 11) is 0. The third kappa shape index (κ3) is 3.36. The van der Waals surface area contributed by atoms with E-state index in [4.69, 9.17) is 9.84 Å². The first-order chi connectivity index (χ1) is 8.97. The number of aromatic carboxylic acids is 1. The normalized spacial score (nSPS) is 10.5. The second-order valence-electron chi connectivity index (χ2n) is 4.22. The number of hydrogen-bond donors (Lipinski definition) is 1. The molecule has 2 rings (SSSR count). The van der Waals surface area contributed by atoms with Crippen molar-refractivity contribution < 1.29 is 14.6 Å². The van der Waals surface area contributed by atoms with E-state index < -0.39 is 5.97 Å². The lowest BCUT2D eigenvalue weighted by molar-refractivity contribution is 0.0702. The van der Waals surface area contributed by atoms with E-state index in [2.05, 4.69) is 15.9 Å². The van der Waals surface area contributed by atoms with E-state index in [1.165, 1.54) is 11.3 Å². The molecule has 0 aliphatic heterocycles. The minimum Gasteiger partial charge on any atom is -0.488 e. The van der Waals surface area contributed by atoms with E-state index in [-0.39, 0.29) is 0 Å². The Kier molecular flexibility index (Phi) is 4.27. The standard InChI is InChI=1S/C14H13BrO3S/c1-8-3-4-12(11(15)5-8)18-7-10-6-13(14(16)17)19-9(10)2/h3-6H,7H2,1-2H3,(H,16,17). The number of benzene rings is 1. The Morgan fingerprint density at radius 1 is 1.37 bits per heavy atom. The average Bonchev–Trinajstić information content (AvgIpc) is 2.70. The quantitative estimate of drug-likeness (QED) is 0.896. The van der Waals surface area contributed by atoms with Crippen molar-refractivity contribution in [2.24, 2.45) is 0 Å². The van der Waals surface area contributed by atoms with Crippen LogP contribution in [0.25, 0.3) is 0 Å². The Balaban J connectivity index is 2.12. The van der Waals surface area contributed by atoms with Crippen LogP contribution in [0.4, 0.5) is 0 Å². The van der Waals surface area contributed by atoms with Crippen LogP contribution in [0, 0.1) is 13.8 Å². The van der Waals surface area contributed by atoms with Gasteiger partial charge in [0.2, 0.25) is 0 Å². The van der Waals surface area contributed by atoms with Crippen molar-refractivity contribution in [1.29, 1.82) is 0 Å². The lowest BCUT2D eigenvalue weighted by atomic mass is 10.2. The highest BCUT2D eigenvalue weighted by atomic mass is 79.9. The van der Waals surface area contributed by atoms with Crippen LogP contribution >= 0.6 is 27.3 Å². The maximum Gasteiger partial charge on any atom is 0.345 e. The van der Waals surface area contributed by atoms with Crippen molar-refractivity contribution in [3.8, 4) is 5.75 Å². The van der Waals surface area contributed by atoms with Crippen LogP contribution in [0.15, 0.2) is 28.7 Å². The van der Waals surface area contributed by atoms with Gasteiger partial charge in [0.05, 0.1) is 4.47 Å². The minimum atomic E-state index is -0.893. The first-order valence-corrected chi connectivity index (χ1v) is 7.30. The SMILES string of the molecule is Cc1ccc(OCc2cc(C(=O)O)sc2C)c(Br)c1. The highest BCUT2D eigenvalue weighted by molar-refractivity contribution is 9.10. The molecule has 3 nitrogen and oxygen atoms in total. The first kappa shape index (κ1) is 14.1. The summed E-state index contributed by atoms with van der Waals surface area (Å²) in [6, 6.07) is 7.53. The second-order valence-corrected chi connectivity index (χ2v) is 6.33. The Morgan fingerprint density at radius 2 is 2.11 bits per heavy atom. The summed E-state index contributed by atoms with van der Waals surface area (Å²) in [5, 5.41) is 8.94. The number of carboxylic acid groups (broad SMARTS) is 1. The van der Waals surface area contributed by atoms with Crippen LogP contribution in [0.1, 0.15) is 25.7 Å². The second kappa shape index (κ2) is 5.75. The Labute approximate surface area is 124 Å². The van der Waals surface area contributed by atoms with Crippen molar-refractivity contribution in [2.75, 3.05) is 0 Å². The summed E-state index contributed by atoms with van der Waals surface area (Å²) < 4.78 is 6.62. The fourth-order valence-corrected chi connectivity index (χ4v) is 3.12. The fourth-order valence-electron chi connectivity index (χ4n) is 1.65. The van der Waals surface area contributed by atoms with Gasteiger partial charge in [0.15, 0.2) is 0 Å². The van der Waals surface area contributed by atoms with Crippen LogP contribution in [0.2, 0.25) is 0 Å². The molecular weight excluding hydrogens is 328 g/mol. The van der Waals surface area contributed by atoms with Gasteiger partial charge >= 0.3 is 5.97 Å². The van der Waals surface area contributed by atoms with E-state index in [9.17, 15) is 4.79 Å². The molecule has 0 fully saturated rings. The van der Waals surface area contributed by atoms with Gasteiger partial charge in [0.1, 0.15) is 17.2 Å². The van der Waals surface area contributed by atoms with Gasteiger partial charge in [-0.2, -0.15) is 0 Å². The molecule has 0 saturated heterocycles. The van der Waals surface area contributed by atoms with Gasteiger partial charge in [-0.1, -0.05) is 6.07 Å². The zero-order valence-corrected chi connectivity index (χ0v) is 13.0. The third-order valence-electron chi connectivity index (χ3n) is 2.70. The summed E-state index contributed by atoms with van der Waals surface area (Å²) in [5.41, 5.74) is 2.06. The molecule has 1 N–H and O–H groups in total. The number of hydrogen-bond acceptors (Lipinski definition) is 3. The lowest BCUT2D eigenvalue weighted by Crippen LogP contribution is -1.97. The molecule has 0 amide bonds. The zero-order valence-electron chi connectivity index (χ0n) is 10.6. The summed E-state index contributed by atoms with van der Waals surface area (Å²) >= 11 is 4.72. The van der Waals surface area contributed by atoms with E-state index in [0.29, 0.717) is 11.5 Å². The lowest BCUT2D eigenvalue weighted by Gasteiger charge is -2.08. The maximum absolute atomic E-state index is 10.9. The number of carbonyl (C=O) groups is 1. The van der Waals surface area contributed by atoms with E-state index in [1.54, 1.807) is 6.07 Å². The smallest absolute Gasteiger partial charge is 0.345 e. The molecule has 0 aliphatic rings. The molecule has 0 bridgehead atoms. The first-order valence-electron chi connectivity index (χ1n) is 5.69. The molecule has 1 heterocycles. The predicted molar refractivity (Wildman–Crippen MR) is 79.2 cm³/mol. The van der Waals surface area contributed by atoms with Crippen LogP contribution < -0.4 is 4.74 Å². The molecule has 0 atom stereocenters. The molecule has 0 unspecified atom stereocenters. The summed E-state index contributed by atoms with van der Waals surface area (Å²) in [6.07, 6.45) is 0. The molecule has 0 radical (unpaired) electrons. The highest BCUT2D eigenvalue weighted by Gasteiger charge is 2.12. The van der Waals surface area contributed by atoms with Crippen LogP contribution in [0.5, 0.6) is 5.75 Å². The number of thiophene rings is 1. The maximum atomic E-state index is 10.9. The van der Waals surface area contributed by atoms with Crippen LogP contribution in [-0.2, 0) is 6.61 Å². The Bertz CT molecular complexity index is 619. The van der Waals surface area contributed by atoms with Crippen LogP contribution in [-0.4, -0.2) is 11.1 Å². The van der Waals surface area contributed by atoms with E-state index in [0.717, 1.165) is 26.2 Å². The average molecular weight is 341 g/mol. The van der Waals surface area contributed by atoms with Gasteiger partial charge in [0, 0.05) is 10.4 Å². The molecule has 2 aromatic rings. The van der Waals surface area contributed by atoms with Crippen molar-refractivity contribution in [2.45, 2.75) is 20.5 Å². The van der Waals surface area contributed by atoms with Crippen LogP contribution in [0.3, 0.4) is 0 Å². The zero-order chi connectivity index (χ0) is 14.0. The molecule has 100 valence electrons. The monoisotopic (exact) mass is 340 g/mol. The van der Waals surface area contributed by atoms with Gasteiger partial charge in [-0.25, -0.2) is 4.79 Å². The van der Waals surface area contributed by atoms with Gasteiger partial charge in [-0.3, -0.25) is 0 Å². The number of halogens is 1. The molecular formula is C14H13BrO3S. The Hall–Kier alpha value is -1.33. The van der Waals surface area contributed by atoms with Gasteiger partial charge < -0.3 is 9.84 Å². The summed E-state index contributed by atoms with van der Waals surface area (Å²) in [4.78, 5) is 12.2. The largest absolute Gasteiger partial charge is 0.488 e. The summed E-state index contributed by atoms with van der Waals surface area (Å²) in [5.74, 6) is -0.135. The topological polar surface area (TPSA) is 46.5 Å². The van der Waals surface area contributed by atoms with Crippen molar-refractivity contribution in [3.05, 3.63) is 49.6 Å². The molecule has 0 spiro atoms. The summed E-state index contributed by atoms with van der Waals surface area (Å²) in [6.45, 7) is 4.29. The molecule has 1 aromatic carbocycles. The van der Waals surface area contributed by atoms with Crippen molar-refractivity contribution >= 4 is 33.2 Å². The minimum absolute atomic E-state index is 0.346. The van der Waals surface area contributed by atoms with Gasteiger partial charge in [-0.15, -0.1) is 11.3 Å². The number of aryl methyl sites for hydroxylation is 2. The molecule has 5 heteroatoms. The van der Waals surface area contributed by atoms with Crippen molar-refractivity contribution in [1.82, 2.24) is 0 Å². The Morgan fingerprint density at radius 3 is 2.68 bits per heavy atom. The van der Waals surface area contributed by atoms with E-state index >= 15 is 0 Å². The molecule has 0 aliphatic carbocycles. The van der Waals surface area contributed by atoms with Crippen molar-refractivity contribution in [3.63, 3.8) is 0 Å². The molecule has 1 aromatic heterocycles. The van der Waals surface area contributed by atoms with Gasteiger partial charge in [-0.05, 0) is 53.5 Å². The highest BCUT2D eigenvalue weighted by Crippen LogP contribution is 2.28. The number of rotatable bonds is 4. The fraction of sp³-hybridized carbons (Fsp3) is 0.214. The third-order valence-corrected chi connectivity index (χ3v) is 4.40.